The van der Waals surface area contributed by atoms with Gasteiger partial charge < -0.3 is 10.1 Å². The number of nitrogens with one attached hydrogen (secondary N) is 1. The van der Waals surface area contributed by atoms with Crippen molar-refractivity contribution in [3.05, 3.63) is 28.2 Å². The topological polar surface area (TPSA) is 72.5 Å². The summed E-state index contributed by atoms with van der Waals surface area (Å²) in [6.07, 6.45) is 0.905. The number of sulfone groups is 1. The maximum Gasteiger partial charge on any atom is 0.278 e. The molecule has 0 radical (unpaired) electrons. The molecule has 23 heavy (non-hydrogen) atoms. The summed E-state index contributed by atoms with van der Waals surface area (Å²) in [5, 5.41) is 3.05. The molecule has 1 aromatic rings. The summed E-state index contributed by atoms with van der Waals surface area (Å²) in [7, 11) is -3.84. The maximum absolute atomic E-state index is 12.3. The number of ether oxygens (including phenoxy) is 1. The molecule has 1 amide bonds. The highest BCUT2D eigenvalue weighted by Gasteiger charge is 2.34. The minimum atomic E-state index is -3.84. The molecule has 1 unspecified atom stereocenters. The van der Waals surface area contributed by atoms with Crippen molar-refractivity contribution in [1.82, 2.24) is 5.32 Å². The first-order valence-electron chi connectivity index (χ1n) is 6.52. The van der Waals surface area contributed by atoms with Gasteiger partial charge in [0.1, 0.15) is 5.75 Å². The highest BCUT2D eigenvalue weighted by molar-refractivity contribution is 7.91. The Morgan fingerprint density at radius 1 is 1.26 bits per heavy atom. The summed E-state index contributed by atoms with van der Waals surface area (Å²) in [5.74, 6) is 4.69. The van der Waals surface area contributed by atoms with Crippen LogP contribution >= 0.6 is 23.2 Å². The summed E-state index contributed by atoms with van der Waals surface area (Å²) < 4.78 is 29.1. The molecule has 0 saturated carbocycles. The maximum atomic E-state index is 12.3. The number of rotatable bonds is 5. The Bertz CT molecular complexity index is 743. The smallest absolute Gasteiger partial charge is 0.278 e. The molecule has 5 nitrogen and oxygen atoms in total. The Morgan fingerprint density at radius 2 is 1.78 bits per heavy atom. The van der Waals surface area contributed by atoms with Crippen LogP contribution in [0.4, 0.5) is 0 Å². The first-order chi connectivity index (χ1) is 10.4. The van der Waals surface area contributed by atoms with Crippen molar-refractivity contribution in [1.29, 1.82) is 0 Å². The average molecular weight is 378 g/mol. The van der Waals surface area contributed by atoms with E-state index in [4.69, 9.17) is 27.9 Å². The lowest BCUT2D eigenvalue weighted by Crippen LogP contribution is -2.51. The molecule has 0 bridgehead atoms. The second kappa shape index (κ2) is 7.43. The predicted octanol–water partition coefficient (Wildman–Crippen LogP) is 2.66. The number of hydrogen-bond donors (Lipinski definition) is 1. The van der Waals surface area contributed by atoms with Gasteiger partial charge in [0, 0.05) is 16.3 Å². The van der Waals surface area contributed by atoms with E-state index < -0.39 is 26.7 Å². The third-order valence-corrected chi connectivity index (χ3v) is 4.08. The van der Waals surface area contributed by atoms with E-state index in [9.17, 15) is 13.2 Å². The zero-order valence-corrected chi connectivity index (χ0v) is 15.4. The van der Waals surface area contributed by atoms with E-state index >= 15 is 0 Å². The van der Waals surface area contributed by atoms with Crippen LogP contribution in [0, 0.1) is 11.8 Å². The SMILES string of the molecule is CC#CC(C)(C)NC(=O)C(Oc1cc(Cl)cc(Cl)c1)S(C)(=O)=O. The molecule has 0 heterocycles. The van der Waals surface area contributed by atoms with Crippen LogP contribution in [-0.4, -0.2) is 31.6 Å². The summed E-state index contributed by atoms with van der Waals surface area (Å²) in [6.45, 7) is 4.92. The fourth-order valence-electron chi connectivity index (χ4n) is 1.77. The lowest BCUT2D eigenvalue weighted by atomic mass is 10.1. The van der Waals surface area contributed by atoms with Crippen LogP contribution in [0.25, 0.3) is 0 Å². The van der Waals surface area contributed by atoms with Gasteiger partial charge in [-0.25, -0.2) is 8.42 Å². The van der Waals surface area contributed by atoms with E-state index in [0.29, 0.717) is 0 Å². The number of carbonyl (C=O) groups is 1. The van der Waals surface area contributed by atoms with Crippen molar-refractivity contribution in [3.8, 4) is 17.6 Å². The second-order valence-corrected chi connectivity index (χ2v) is 8.33. The molecule has 0 spiro atoms. The first kappa shape index (κ1) is 19.6. The normalized spacial score (nSPS) is 12.8. The van der Waals surface area contributed by atoms with E-state index in [2.05, 4.69) is 17.2 Å². The van der Waals surface area contributed by atoms with E-state index in [-0.39, 0.29) is 15.8 Å². The molecule has 0 aromatic heterocycles. The summed E-state index contributed by atoms with van der Waals surface area (Å²) in [6, 6.07) is 4.21. The molecule has 0 saturated heterocycles. The Labute approximate surface area is 146 Å². The van der Waals surface area contributed by atoms with Crippen LogP contribution in [0.15, 0.2) is 18.2 Å². The molecule has 1 N–H and O–H groups in total. The predicted molar refractivity (Wildman–Crippen MR) is 91.4 cm³/mol. The van der Waals surface area contributed by atoms with Gasteiger partial charge in [0.05, 0.1) is 5.54 Å². The fraction of sp³-hybridized carbons (Fsp3) is 0.400. The Balaban J connectivity index is 3.10. The van der Waals surface area contributed by atoms with Crippen molar-refractivity contribution in [2.75, 3.05) is 6.26 Å². The Morgan fingerprint density at radius 3 is 2.22 bits per heavy atom. The van der Waals surface area contributed by atoms with Crippen molar-refractivity contribution < 1.29 is 17.9 Å². The molecule has 0 aliphatic heterocycles. The molecule has 8 heteroatoms. The highest BCUT2D eigenvalue weighted by Crippen LogP contribution is 2.25. The van der Waals surface area contributed by atoms with E-state index in [1.54, 1.807) is 20.8 Å². The van der Waals surface area contributed by atoms with Crippen LogP contribution in [0.3, 0.4) is 0 Å². The molecule has 126 valence electrons. The molecule has 1 atom stereocenters. The standard InChI is InChI=1S/C15H17Cl2NO4S/c1-5-6-15(2,3)18-13(19)14(23(4,20)21)22-12-8-10(16)7-11(17)9-12/h7-9,14H,1-4H3,(H,18,19). The number of hydrogen-bond acceptors (Lipinski definition) is 4. The Hall–Kier alpha value is -1.42. The molecule has 1 aromatic carbocycles. The number of carbonyl (C=O) groups excluding carboxylic acids is 1. The number of amides is 1. The van der Waals surface area contributed by atoms with Crippen LogP contribution in [0.1, 0.15) is 20.8 Å². The van der Waals surface area contributed by atoms with Crippen molar-refractivity contribution in [2.24, 2.45) is 0 Å². The monoisotopic (exact) mass is 377 g/mol. The lowest BCUT2D eigenvalue weighted by molar-refractivity contribution is -0.125. The molecule has 0 aliphatic carbocycles. The third-order valence-electron chi connectivity index (χ3n) is 2.56. The average Bonchev–Trinajstić information content (AvgIpc) is 2.32. The minimum Gasteiger partial charge on any atom is -0.464 e. The number of benzene rings is 1. The van der Waals surface area contributed by atoms with E-state index in [1.165, 1.54) is 18.2 Å². The van der Waals surface area contributed by atoms with Gasteiger partial charge in [-0.2, -0.15) is 0 Å². The van der Waals surface area contributed by atoms with Gasteiger partial charge in [0.25, 0.3) is 11.3 Å². The van der Waals surface area contributed by atoms with Gasteiger partial charge in [-0.1, -0.05) is 29.1 Å². The molecule has 0 aliphatic rings. The fourth-order valence-corrected chi connectivity index (χ4v) is 3.01. The van der Waals surface area contributed by atoms with Gasteiger partial charge in [-0.15, -0.1) is 5.92 Å². The zero-order valence-electron chi connectivity index (χ0n) is 13.1. The van der Waals surface area contributed by atoms with Gasteiger partial charge in [-0.3, -0.25) is 4.79 Å². The van der Waals surface area contributed by atoms with Crippen LogP contribution in [0.5, 0.6) is 5.75 Å². The summed E-state index contributed by atoms with van der Waals surface area (Å²) in [4.78, 5) is 12.3. The zero-order chi connectivity index (χ0) is 17.8. The summed E-state index contributed by atoms with van der Waals surface area (Å²) in [5.41, 5.74) is -2.64. The minimum absolute atomic E-state index is 0.0763. The van der Waals surface area contributed by atoms with Gasteiger partial charge in [-0.05, 0) is 39.0 Å². The Kier molecular flexibility index (Phi) is 6.34. The quantitative estimate of drug-likeness (QED) is 0.800. The van der Waals surface area contributed by atoms with Gasteiger partial charge in [0.15, 0.2) is 9.84 Å². The third kappa shape index (κ3) is 6.30. The van der Waals surface area contributed by atoms with Crippen molar-refractivity contribution in [2.45, 2.75) is 31.7 Å². The van der Waals surface area contributed by atoms with Gasteiger partial charge >= 0.3 is 0 Å². The molecular weight excluding hydrogens is 361 g/mol. The molecular formula is C15H17Cl2NO4S. The first-order valence-corrected chi connectivity index (χ1v) is 9.23. The van der Waals surface area contributed by atoms with Crippen molar-refractivity contribution in [3.63, 3.8) is 0 Å². The van der Waals surface area contributed by atoms with Crippen LogP contribution < -0.4 is 10.1 Å². The highest BCUT2D eigenvalue weighted by atomic mass is 35.5. The molecule has 0 fully saturated rings. The van der Waals surface area contributed by atoms with Crippen LogP contribution in [-0.2, 0) is 14.6 Å². The van der Waals surface area contributed by atoms with E-state index in [0.717, 1.165) is 6.26 Å². The van der Waals surface area contributed by atoms with Crippen LogP contribution in [0.2, 0.25) is 10.0 Å². The summed E-state index contributed by atoms with van der Waals surface area (Å²) >= 11 is 11.7. The largest absolute Gasteiger partial charge is 0.464 e. The number of halogens is 2. The second-order valence-electron chi connectivity index (χ2n) is 5.37. The molecule has 1 rings (SSSR count). The van der Waals surface area contributed by atoms with Gasteiger partial charge in [0.2, 0.25) is 0 Å². The van der Waals surface area contributed by atoms with Crippen molar-refractivity contribution >= 4 is 38.9 Å². The lowest BCUT2D eigenvalue weighted by Gasteiger charge is -2.24. The van der Waals surface area contributed by atoms with E-state index in [1.807, 2.05) is 0 Å².